The van der Waals surface area contributed by atoms with Crippen molar-refractivity contribution in [3.05, 3.63) is 28.2 Å². The van der Waals surface area contributed by atoms with Crippen LogP contribution in [-0.2, 0) is 6.54 Å². The van der Waals surface area contributed by atoms with Gasteiger partial charge in [-0.05, 0) is 46.6 Å². The zero-order chi connectivity index (χ0) is 13.0. The van der Waals surface area contributed by atoms with E-state index in [9.17, 15) is 0 Å². The van der Waals surface area contributed by atoms with Gasteiger partial charge in [-0.1, -0.05) is 13.0 Å². The van der Waals surface area contributed by atoms with E-state index in [0.29, 0.717) is 0 Å². The largest absolute Gasteiger partial charge is 0.398 e. The van der Waals surface area contributed by atoms with Gasteiger partial charge in [0.15, 0.2) is 0 Å². The van der Waals surface area contributed by atoms with E-state index in [4.69, 9.17) is 5.73 Å². The Labute approximate surface area is 118 Å². The first kappa shape index (κ1) is 13.8. The summed E-state index contributed by atoms with van der Waals surface area (Å²) < 4.78 is 0.985. The molecule has 100 valence electrons. The van der Waals surface area contributed by atoms with Crippen molar-refractivity contribution in [3.63, 3.8) is 0 Å². The fraction of sp³-hybridized carbons (Fsp3) is 0.571. The molecule has 0 spiro atoms. The predicted molar refractivity (Wildman–Crippen MR) is 80.6 cm³/mol. The van der Waals surface area contributed by atoms with Crippen molar-refractivity contribution in [1.82, 2.24) is 9.80 Å². The molecular formula is C14H22BrN3. The van der Waals surface area contributed by atoms with Gasteiger partial charge < -0.3 is 10.6 Å². The summed E-state index contributed by atoms with van der Waals surface area (Å²) in [5.74, 6) is 0. The first-order valence-corrected chi connectivity index (χ1v) is 7.47. The highest BCUT2D eigenvalue weighted by atomic mass is 79.9. The molecule has 0 amide bonds. The van der Waals surface area contributed by atoms with Gasteiger partial charge in [0.05, 0.1) is 0 Å². The Morgan fingerprint density at radius 2 is 1.83 bits per heavy atom. The van der Waals surface area contributed by atoms with Crippen molar-refractivity contribution in [2.75, 3.05) is 38.5 Å². The van der Waals surface area contributed by atoms with Crippen molar-refractivity contribution in [1.29, 1.82) is 0 Å². The van der Waals surface area contributed by atoms with Crippen LogP contribution in [0.25, 0.3) is 0 Å². The molecule has 0 atom stereocenters. The van der Waals surface area contributed by atoms with E-state index < -0.39 is 0 Å². The van der Waals surface area contributed by atoms with Crippen molar-refractivity contribution < 1.29 is 0 Å². The third-order valence-corrected chi connectivity index (χ3v) is 4.19. The Balaban J connectivity index is 1.85. The van der Waals surface area contributed by atoms with Crippen molar-refractivity contribution in [3.8, 4) is 0 Å². The fourth-order valence-corrected chi connectivity index (χ4v) is 2.68. The number of benzene rings is 1. The number of nitrogens with zero attached hydrogens (tertiary/aromatic N) is 2. The third-order valence-electron chi connectivity index (χ3n) is 3.47. The molecule has 2 N–H and O–H groups in total. The molecule has 1 heterocycles. The second-order valence-electron chi connectivity index (χ2n) is 4.97. The molecule has 0 unspecified atom stereocenters. The first-order valence-electron chi connectivity index (χ1n) is 6.67. The summed E-state index contributed by atoms with van der Waals surface area (Å²) in [6, 6.07) is 6.26. The van der Waals surface area contributed by atoms with Crippen LogP contribution >= 0.6 is 15.9 Å². The summed E-state index contributed by atoms with van der Waals surface area (Å²) in [4.78, 5) is 5.06. The van der Waals surface area contributed by atoms with Crippen LogP contribution < -0.4 is 5.73 Å². The lowest BCUT2D eigenvalue weighted by molar-refractivity contribution is 0.127. The van der Waals surface area contributed by atoms with Gasteiger partial charge in [-0.3, -0.25) is 4.90 Å². The molecule has 4 heteroatoms. The van der Waals surface area contributed by atoms with Gasteiger partial charge in [0.2, 0.25) is 0 Å². The number of anilines is 1. The standard InChI is InChI=1S/C14H22BrN3/c1-2-5-17-6-8-18(9-7-17)11-12-3-4-13(15)14(16)10-12/h3-4,10H,2,5-9,11,16H2,1H3. The minimum absolute atomic E-state index is 0.831. The van der Waals surface area contributed by atoms with Gasteiger partial charge >= 0.3 is 0 Å². The predicted octanol–water partition coefficient (Wildman–Crippen LogP) is 2.56. The van der Waals surface area contributed by atoms with E-state index >= 15 is 0 Å². The maximum atomic E-state index is 5.91. The van der Waals surface area contributed by atoms with Crippen LogP contribution in [0.4, 0.5) is 5.69 Å². The molecule has 3 nitrogen and oxygen atoms in total. The lowest BCUT2D eigenvalue weighted by atomic mass is 10.1. The molecular weight excluding hydrogens is 290 g/mol. The maximum absolute atomic E-state index is 5.91. The number of rotatable bonds is 4. The Morgan fingerprint density at radius 3 is 2.44 bits per heavy atom. The Hall–Kier alpha value is -0.580. The molecule has 0 aromatic heterocycles. The second-order valence-corrected chi connectivity index (χ2v) is 5.83. The van der Waals surface area contributed by atoms with Gasteiger partial charge in [-0.25, -0.2) is 0 Å². The molecule has 1 saturated heterocycles. The Kier molecular flexibility index (Phi) is 5.03. The van der Waals surface area contributed by atoms with Crippen LogP contribution in [0.1, 0.15) is 18.9 Å². The van der Waals surface area contributed by atoms with Gasteiger partial charge in [-0.2, -0.15) is 0 Å². The first-order chi connectivity index (χ1) is 8.69. The van der Waals surface area contributed by atoms with E-state index in [1.54, 1.807) is 0 Å². The van der Waals surface area contributed by atoms with Crippen molar-refractivity contribution in [2.45, 2.75) is 19.9 Å². The maximum Gasteiger partial charge on any atom is 0.0461 e. The summed E-state index contributed by atoms with van der Waals surface area (Å²) in [7, 11) is 0. The lowest BCUT2D eigenvalue weighted by Gasteiger charge is -2.34. The van der Waals surface area contributed by atoms with Crippen molar-refractivity contribution >= 4 is 21.6 Å². The van der Waals surface area contributed by atoms with Crippen LogP contribution in [0.3, 0.4) is 0 Å². The number of halogens is 1. The monoisotopic (exact) mass is 311 g/mol. The minimum atomic E-state index is 0.831. The Morgan fingerprint density at radius 1 is 1.17 bits per heavy atom. The SMILES string of the molecule is CCCN1CCN(Cc2ccc(Br)c(N)c2)CC1. The average Bonchev–Trinajstić information content (AvgIpc) is 2.37. The van der Waals surface area contributed by atoms with E-state index in [2.05, 4.69) is 44.8 Å². The molecule has 0 bridgehead atoms. The molecule has 1 aliphatic heterocycles. The molecule has 18 heavy (non-hydrogen) atoms. The van der Waals surface area contributed by atoms with Crippen molar-refractivity contribution in [2.24, 2.45) is 0 Å². The summed E-state index contributed by atoms with van der Waals surface area (Å²) >= 11 is 3.43. The van der Waals surface area contributed by atoms with Gasteiger partial charge in [0.1, 0.15) is 0 Å². The molecule has 2 rings (SSSR count). The van der Waals surface area contributed by atoms with Gasteiger partial charge in [0, 0.05) is 42.9 Å². The minimum Gasteiger partial charge on any atom is -0.398 e. The molecule has 1 fully saturated rings. The summed E-state index contributed by atoms with van der Waals surface area (Å²) in [6.07, 6.45) is 1.25. The molecule has 0 aliphatic carbocycles. The highest BCUT2D eigenvalue weighted by Crippen LogP contribution is 2.21. The number of nitrogen functional groups attached to an aromatic ring is 1. The van der Waals surface area contributed by atoms with Gasteiger partial charge in [0.25, 0.3) is 0 Å². The van der Waals surface area contributed by atoms with Crippen LogP contribution in [0, 0.1) is 0 Å². The summed E-state index contributed by atoms with van der Waals surface area (Å²) in [5, 5.41) is 0. The van der Waals surface area contributed by atoms with E-state index in [-0.39, 0.29) is 0 Å². The average molecular weight is 312 g/mol. The second kappa shape index (κ2) is 6.55. The van der Waals surface area contributed by atoms with E-state index in [0.717, 1.165) is 29.8 Å². The smallest absolute Gasteiger partial charge is 0.0461 e. The van der Waals surface area contributed by atoms with Crippen LogP contribution in [0.5, 0.6) is 0 Å². The third kappa shape index (κ3) is 3.70. The normalized spacial score (nSPS) is 18.1. The van der Waals surface area contributed by atoms with Crippen LogP contribution in [0.2, 0.25) is 0 Å². The zero-order valence-electron chi connectivity index (χ0n) is 11.0. The number of nitrogens with two attached hydrogens (primary N) is 1. The number of hydrogen-bond donors (Lipinski definition) is 1. The number of hydrogen-bond acceptors (Lipinski definition) is 3. The molecule has 0 radical (unpaired) electrons. The topological polar surface area (TPSA) is 32.5 Å². The molecule has 1 aromatic rings. The Bertz CT molecular complexity index is 387. The van der Waals surface area contributed by atoms with Gasteiger partial charge in [-0.15, -0.1) is 0 Å². The van der Waals surface area contributed by atoms with Crippen LogP contribution in [-0.4, -0.2) is 42.5 Å². The summed E-state index contributed by atoms with van der Waals surface area (Å²) in [5.41, 5.74) is 8.05. The number of piperazine rings is 1. The molecule has 0 saturated carbocycles. The zero-order valence-corrected chi connectivity index (χ0v) is 12.6. The highest BCUT2D eigenvalue weighted by Gasteiger charge is 2.16. The van der Waals surface area contributed by atoms with E-state index in [1.165, 1.54) is 31.6 Å². The molecule has 1 aromatic carbocycles. The van der Waals surface area contributed by atoms with E-state index in [1.807, 2.05) is 6.07 Å². The fourth-order valence-electron chi connectivity index (χ4n) is 2.44. The lowest BCUT2D eigenvalue weighted by Crippen LogP contribution is -2.45. The van der Waals surface area contributed by atoms with Crippen LogP contribution in [0.15, 0.2) is 22.7 Å². The summed E-state index contributed by atoms with van der Waals surface area (Å²) in [6.45, 7) is 9.21. The quantitative estimate of drug-likeness (QED) is 0.867. The highest BCUT2D eigenvalue weighted by molar-refractivity contribution is 9.10. The molecule has 1 aliphatic rings.